The predicted molar refractivity (Wildman–Crippen MR) is 56.5 cm³/mol. The Morgan fingerprint density at radius 3 is 3.00 bits per heavy atom. The highest BCUT2D eigenvalue weighted by Crippen LogP contribution is 2.12. The molecule has 0 fully saturated rings. The molecule has 0 aliphatic heterocycles. The van der Waals surface area contributed by atoms with Crippen molar-refractivity contribution in [1.82, 2.24) is 4.98 Å². The van der Waals surface area contributed by atoms with E-state index in [1.165, 1.54) is 0 Å². The van der Waals surface area contributed by atoms with Crippen molar-refractivity contribution in [1.29, 1.82) is 0 Å². The van der Waals surface area contributed by atoms with Crippen LogP contribution in [0.4, 0.5) is 5.69 Å². The van der Waals surface area contributed by atoms with Gasteiger partial charge in [0.25, 0.3) is 5.91 Å². The first-order chi connectivity index (χ1) is 6.86. The summed E-state index contributed by atoms with van der Waals surface area (Å²) in [6.45, 7) is 0. The van der Waals surface area contributed by atoms with Crippen molar-refractivity contribution >= 4 is 22.9 Å². The second kappa shape index (κ2) is 4.02. The average Bonchev–Trinajstić information content (AvgIpc) is 2.72. The fraction of sp³-hybridized carbons (Fsp3) is 0. The van der Waals surface area contributed by atoms with Gasteiger partial charge in [-0.25, -0.2) is 0 Å². The quantitative estimate of drug-likeness (QED) is 0.816. The number of thiophene rings is 1. The van der Waals surface area contributed by atoms with Crippen LogP contribution < -0.4 is 5.32 Å². The van der Waals surface area contributed by atoms with E-state index in [0.717, 1.165) is 5.69 Å². The summed E-state index contributed by atoms with van der Waals surface area (Å²) >= 11 is 1.55. The summed E-state index contributed by atoms with van der Waals surface area (Å²) in [7, 11) is 0. The smallest absolute Gasteiger partial charge is 0.257 e. The first kappa shape index (κ1) is 8.90. The summed E-state index contributed by atoms with van der Waals surface area (Å²) in [4.78, 5) is 15.4. The fourth-order valence-corrected chi connectivity index (χ4v) is 1.62. The molecule has 1 amide bonds. The van der Waals surface area contributed by atoms with Gasteiger partial charge in [0.05, 0.1) is 11.3 Å². The number of rotatable bonds is 2. The summed E-state index contributed by atoms with van der Waals surface area (Å²) in [6, 6.07) is 5.33. The summed E-state index contributed by atoms with van der Waals surface area (Å²) in [5.74, 6) is -0.128. The van der Waals surface area contributed by atoms with E-state index in [4.69, 9.17) is 0 Å². The molecule has 0 aliphatic rings. The molecule has 0 spiro atoms. The van der Waals surface area contributed by atoms with E-state index in [2.05, 4.69) is 10.3 Å². The molecule has 3 nitrogen and oxygen atoms in total. The lowest BCUT2D eigenvalue weighted by Crippen LogP contribution is -2.11. The molecule has 1 N–H and O–H groups in total. The molecular weight excluding hydrogens is 196 g/mol. The van der Waals surface area contributed by atoms with Crippen LogP contribution in [0.15, 0.2) is 41.4 Å². The van der Waals surface area contributed by atoms with Gasteiger partial charge in [-0.15, -0.1) is 0 Å². The van der Waals surface area contributed by atoms with Crippen molar-refractivity contribution in [2.45, 2.75) is 0 Å². The standard InChI is InChI=1S/C10H8N2OS/c13-10(8-2-1-4-11-6-8)12-9-3-5-14-7-9/h1-7H,(H,12,13). The van der Waals surface area contributed by atoms with Crippen molar-refractivity contribution < 1.29 is 4.79 Å². The SMILES string of the molecule is O=C(Nc1ccsc1)c1cccnc1. The third-order valence-electron chi connectivity index (χ3n) is 1.70. The Morgan fingerprint density at radius 2 is 2.36 bits per heavy atom. The van der Waals surface area contributed by atoms with E-state index in [0.29, 0.717) is 5.56 Å². The Morgan fingerprint density at radius 1 is 1.43 bits per heavy atom. The molecule has 2 rings (SSSR count). The van der Waals surface area contributed by atoms with Crippen LogP contribution in [0.25, 0.3) is 0 Å². The maximum Gasteiger partial charge on any atom is 0.257 e. The van der Waals surface area contributed by atoms with Gasteiger partial charge in [-0.1, -0.05) is 0 Å². The van der Waals surface area contributed by atoms with Gasteiger partial charge in [-0.05, 0) is 23.6 Å². The van der Waals surface area contributed by atoms with E-state index >= 15 is 0 Å². The molecule has 0 radical (unpaired) electrons. The van der Waals surface area contributed by atoms with E-state index in [1.54, 1.807) is 35.9 Å². The summed E-state index contributed by atoms with van der Waals surface area (Å²) in [5, 5.41) is 6.57. The van der Waals surface area contributed by atoms with E-state index in [1.807, 2.05) is 16.8 Å². The normalized spacial score (nSPS) is 9.71. The molecule has 0 saturated carbocycles. The number of hydrogen-bond acceptors (Lipinski definition) is 3. The fourth-order valence-electron chi connectivity index (χ4n) is 1.04. The molecule has 0 bridgehead atoms. The number of hydrogen-bond donors (Lipinski definition) is 1. The molecule has 4 heteroatoms. The molecule has 0 saturated heterocycles. The maximum atomic E-state index is 11.6. The van der Waals surface area contributed by atoms with Crippen molar-refractivity contribution in [2.75, 3.05) is 5.32 Å². The number of aromatic nitrogens is 1. The summed E-state index contributed by atoms with van der Waals surface area (Å²) < 4.78 is 0. The average molecular weight is 204 g/mol. The van der Waals surface area contributed by atoms with Gasteiger partial charge in [0.2, 0.25) is 0 Å². The minimum absolute atomic E-state index is 0.128. The number of carbonyl (C=O) groups excluding carboxylic acids is 1. The van der Waals surface area contributed by atoms with Crippen LogP contribution in [0, 0.1) is 0 Å². The van der Waals surface area contributed by atoms with Crippen molar-refractivity contribution in [3.63, 3.8) is 0 Å². The maximum absolute atomic E-state index is 11.6. The van der Waals surface area contributed by atoms with Crippen LogP contribution in [-0.4, -0.2) is 10.9 Å². The summed E-state index contributed by atoms with van der Waals surface area (Å²) in [5.41, 5.74) is 1.39. The van der Waals surface area contributed by atoms with Gasteiger partial charge in [0, 0.05) is 17.8 Å². The molecule has 14 heavy (non-hydrogen) atoms. The third-order valence-corrected chi connectivity index (χ3v) is 2.39. The Balaban J connectivity index is 2.11. The van der Waals surface area contributed by atoms with Crippen molar-refractivity contribution in [2.24, 2.45) is 0 Å². The van der Waals surface area contributed by atoms with Crippen LogP contribution in [0.5, 0.6) is 0 Å². The number of pyridine rings is 1. The first-order valence-electron chi connectivity index (χ1n) is 4.10. The van der Waals surface area contributed by atoms with Crippen LogP contribution in [0.1, 0.15) is 10.4 Å². The van der Waals surface area contributed by atoms with Crippen LogP contribution in [0.3, 0.4) is 0 Å². The zero-order valence-corrected chi connectivity index (χ0v) is 8.12. The Bertz CT molecular complexity index is 411. The molecule has 0 aliphatic carbocycles. The third kappa shape index (κ3) is 1.97. The zero-order valence-electron chi connectivity index (χ0n) is 7.31. The molecule has 0 aromatic carbocycles. The highest BCUT2D eigenvalue weighted by Gasteiger charge is 2.04. The molecular formula is C10H8N2OS. The first-order valence-corrected chi connectivity index (χ1v) is 5.04. The van der Waals surface area contributed by atoms with E-state index < -0.39 is 0 Å². The van der Waals surface area contributed by atoms with Crippen LogP contribution in [-0.2, 0) is 0 Å². The van der Waals surface area contributed by atoms with Gasteiger partial charge in [-0.3, -0.25) is 9.78 Å². The second-order valence-electron chi connectivity index (χ2n) is 2.71. The molecule has 2 aromatic heterocycles. The monoisotopic (exact) mass is 204 g/mol. The van der Waals surface area contributed by atoms with Gasteiger partial charge >= 0.3 is 0 Å². The van der Waals surface area contributed by atoms with Crippen molar-refractivity contribution in [3.8, 4) is 0 Å². The minimum Gasteiger partial charge on any atom is -0.321 e. The Kier molecular flexibility index (Phi) is 2.55. The van der Waals surface area contributed by atoms with E-state index in [9.17, 15) is 4.79 Å². The lowest BCUT2D eigenvalue weighted by atomic mass is 10.2. The highest BCUT2D eigenvalue weighted by molar-refractivity contribution is 7.08. The second-order valence-corrected chi connectivity index (χ2v) is 3.49. The molecule has 0 atom stereocenters. The van der Waals surface area contributed by atoms with Crippen LogP contribution in [0.2, 0.25) is 0 Å². The number of anilines is 1. The topological polar surface area (TPSA) is 42.0 Å². The largest absolute Gasteiger partial charge is 0.321 e. The Labute approximate surface area is 85.4 Å². The minimum atomic E-state index is -0.128. The molecule has 2 aromatic rings. The Hall–Kier alpha value is -1.68. The van der Waals surface area contributed by atoms with Gasteiger partial charge < -0.3 is 5.32 Å². The number of nitrogens with one attached hydrogen (secondary N) is 1. The molecule has 2 heterocycles. The highest BCUT2D eigenvalue weighted by atomic mass is 32.1. The van der Waals surface area contributed by atoms with Crippen molar-refractivity contribution in [3.05, 3.63) is 46.9 Å². The number of carbonyl (C=O) groups is 1. The lowest BCUT2D eigenvalue weighted by Gasteiger charge is -2.00. The molecule has 70 valence electrons. The summed E-state index contributed by atoms with van der Waals surface area (Å²) in [6.07, 6.45) is 3.18. The van der Waals surface area contributed by atoms with E-state index in [-0.39, 0.29) is 5.91 Å². The van der Waals surface area contributed by atoms with Gasteiger partial charge in [0.1, 0.15) is 0 Å². The lowest BCUT2D eigenvalue weighted by molar-refractivity contribution is 0.102. The molecule has 0 unspecified atom stereocenters. The van der Waals surface area contributed by atoms with Crippen LogP contribution >= 0.6 is 11.3 Å². The number of nitrogens with zero attached hydrogens (tertiary/aromatic N) is 1. The predicted octanol–water partition coefficient (Wildman–Crippen LogP) is 2.40. The zero-order chi connectivity index (χ0) is 9.80. The van der Waals surface area contributed by atoms with Gasteiger partial charge in [-0.2, -0.15) is 11.3 Å². The van der Waals surface area contributed by atoms with Gasteiger partial charge in [0.15, 0.2) is 0 Å². The number of amides is 1.